The average Bonchev–Trinajstić information content (AvgIpc) is 2.37. The second kappa shape index (κ2) is 5.31. The predicted molar refractivity (Wildman–Crippen MR) is 71.2 cm³/mol. The minimum absolute atomic E-state index is 0.0131. The van der Waals surface area contributed by atoms with Gasteiger partial charge >= 0.3 is 6.18 Å². The summed E-state index contributed by atoms with van der Waals surface area (Å²) in [5.74, 6) is -1.24. The number of rotatable bonds is 2. The lowest BCUT2D eigenvalue weighted by molar-refractivity contribution is -0.175. The summed E-state index contributed by atoms with van der Waals surface area (Å²) in [6, 6.07) is 5.63. The zero-order valence-corrected chi connectivity index (χ0v) is 11.0. The second-order valence-electron chi connectivity index (χ2n) is 5.07. The van der Waals surface area contributed by atoms with E-state index in [9.17, 15) is 13.2 Å². The number of halogens is 3. The van der Waals surface area contributed by atoms with E-state index in [1.807, 2.05) is 25.1 Å². The Morgan fingerprint density at radius 2 is 2.11 bits per heavy atom. The highest BCUT2D eigenvalue weighted by molar-refractivity contribution is 5.68. The number of anilines is 2. The Balaban J connectivity index is 2.17. The molecular weight excluding hydrogens is 253 g/mol. The topological polar surface area (TPSA) is 29.3 Å². The molecule has 1 atom stereocenters. The van der Waals surface area contributed by atoms with Gasteiger partial charge in [0.2, 0.25) is 0 Å². The maximum absolute atomic E-state index is 12.8. The van der Waals surface area contributed by atoms with Crippen LogP contribution in [-0.2, 0) is 6.42 Å². The summed E-state index contributed by atoms with van der Waals surface area (Å²) >= 11 is 0. The largest absolute Gasteiger partial charge is 0.397 e. The number of aryl methyl sites for hydroxylation is 1. The van der Waals surface area contributed by atoms with Crippen LogP contribution >= 0.6 is 0 Å². The van der Waals surface area contributed by atoms with E-state index in [0.29, 0.717) is 18.7 Å². The summed E-state index contributed by atoms with van der Waals surface area (Å²) in [5, 5.41) is 0. The molecule has 0 aromatic heterocycles. The Bertz CT molecular complexity index is 443. The van der Waals surface area contributed by atoms with E-state index in [2.05, 4.69) is 0 Å². The number of benzene rings is 1. The van der Waals surface area contributed by atoms with Crippen LogP contribution in [0.4, 0.5) is 24.5 Å². The van der Waals surface area contributed by atoms with E-state index in [1.165, 1.54) is 0 Å². The molecule has 2 nitrogen and oxygen atoms in total. The molecule has 0 amide bonds. The van der Waals surface area contributed by atoms with Gasteiger partial charge in [0.05, 0.1) is 17.3 Å². The molecule has 19 heavy (non-hydrogen) atoms. The van der Waals surface area contributed by atoms with Crippen molar-refractivity contribution in [1.82, 2.24) is 0 Å². The first-order chi connectivity index (χ1) is 8.91. The van der Waals surface area contributed by atoms with Crippen molar-refractivity contribution >= 4 is 11.4 Å². The summed E-state index contributed by atoms with van der Waals surface area (Å²) in [7, 11) is 0. The van der Waals surface area contributed by atoms with E-state index in [4.69, 9.17) is 5.73 Å². The number of piperidine rings is 1. The van der Waals surface area contributed by atoms with Gasteiger partial charge in [0, 0.05) is 13.1 Å². The molecule has 1 heterocycles. The number of nitrogen functional groups attached to an aromatic ring is 1. The van der Waals surface area contributed by atoms with Gasteiger partial charge in [-0.1, -0.05) is 13.0 Å². The molecule has 0 bridgehead atoms. The first-order valence-electron chi connectivity index (χ1n) is 6.62. The van der Waals surface area contributed by atoms with Gasteiger partial charge in [-0.25, -0.2) is 0 Å². The number of nitrogens with zero attached hydrogens (tertiary/aromatic N) is 1. The Kier molecular flexibility index (Phi) is 3.92. The van der Waals surface area contributed by atoms with E-state index in [0.717, 1.165) is 17.7 Å². The maximum Gasteiger partial charge on any atom is 0.393 e. The number of alkyl halides is 3. The van der Waals surface area contributed by atoms with Crippen molar-refractivity contribution in [2.45, 2.75) is 32.4 Å². The molecule has 1 saturated heterocycles. The highest BCUT2D eigenvalue weighted by atomic mass is 19.4. The second-order valence-corrected chi connectivity index (χ2v) is 5.07. The fourth-order valence-corrected chi connectivity index (χ4v) is 2.58. The lowest BCUT2D eigenvalue weighted by atomic mass is 9.96. The molecule has 0 spiro atoms. The van der Waals surface area contributed by atoms with Crippen molar-refractivity contribution in [3.05, 3.63) is 23.8 Å². The molecule has 5 heteroatoms. The van der Waals surface area contributed by atoms with Crippen LogP contribution in [0.1, 0.15) is 25.3 Å². The monoisotopic (exact) mass is 272 g/mol. The van der Waals surface area contributed by atoms with Crippen LogP contribution in [0.25, 0.3) is 0 Å². The third kappa shape index (κ3) is 3.14. The van der Waals surface area contributed by atoms with Crippen LogP contribution in [-0.4, -0.2) is 19.3 Å². The Morgan fingerprint density at radius 1 is 1.37 bits per heavy atom. The van der Waals surface area contributed by atoms with Crippen molar-refractivity contribution in [2.75, 3.05) is 23.7 Å². The summed E-state index contributed by atoms with van der Waals surface area (Å²) in [4.78, 5) is 1.76. The van der Waals surface area contributed by atoms with Gasteiger partial charge in [-0.3, -0.25) is 0 Å². The summed E-state index contributed by atoms with van der Waals surface area (Å²) in [5.41, 5.74) is 8.36. The zero-order valence-electron chi connectivity index (χ0n) is 11.0. The Labute approximate surface area is 111 Å². The van der Waals surface area contributed by atoms with Crippen molar-refractivity contribution in [1.29, 1.82) is 0 Å². The molecule has 0 aliphatic carbocycles. The van der Waals surface area contributed by atoms with Gasteiger partial charge in [-0.15, -0.1) is 0 Å². The van der Waals surface area contributed by atoms with Gasteiger partial charge < -0.3 is 10.6 Å². The Morgan fingerprint density at radius 3 is 2.68 bits per heavy atom. The van der Waals surface area contributed by atoms with Crippen molar-refractivity contribution in [3.8, 4) is 0 Å². The molecule has 1 aromatic rings. The van der Waals surface area contributed by atoms with Gasteiger partial charge in [-0.2, -0.15) is 13.2 Å². The average molecular weight is 272 g/mol. The van der Waals surface area contributed by atoms with Crippen molar-refractivity contribution in [2.24, 2.45) is 5.92 Å². The molecule has 1 aliphatic rings. The van der Waals surface area contributed by atoms with E-state index >= 15 is 0 Å². The minimum atomic E-state index is -4.11. The molecule has 1 aliphatic heterocycles. The lowest BCUT2D eigenvalue weighted by Crippen LogP contribution is -2.42. The van der Waals surface area contributed by atoms with Gasteiger partial charge in [-0.05, 0) is 37.0 Å². The standard InChI is InChI=1S/C14H19F3N2/c1-2-10-5-6-13(12(18)8-10)19-7-3-4-11(9-19)14(15,16)17/h5-6,8,11H,2-4,7,9,18H2,1H3. The summed E-state index contributed by atoms with van der Waals surface area (Å²) in [6.07, 6.45) is -2.47. The van der Waals surface area contributed by atoms with Gasteiger partial charge in [0.1, 0.15) is 0 Å². The highest BCUT2D eigenvalue weighted by Gasteiger charge is 2.42. The molecule has 1 unspecified atom stereocenters. The van der Waals surface area contributed by atoms with Crippen LogP contribution < -0.4 is 10.6 Å². The molecule has 1 fully saturated rings. The number of hydrogen-bond acceptors (Lipinski definition) is 2. The smallest absolute Gasteiger partial charge is 0.393 e. The molecule has 106 valence electrons. The molecular formula is C14H19F3N2. The van der Waals surface area contributed by atoms with Crippen LogP contribution in [0, 0.1) is 5.92 Å². The SMILES string of the molecule is CCc1ccc(N2CCCC(C(F)(F)F)C2)c(N)c1. The normalized spacial score (nSPS) is 20.6. The molecule has 2 N–H and O–H groups in total. The quantitative estimate of drug-likeness (QED) is 0.833. The van der Waals surface area contributed by atoms with Crippen LogP contribution in [0.2, 0.25) is 0 Å². The van der Waals surface area contributed by atoms with Crippen LogP contribution in [0.15, 0.2) is 18.2 Å². The first-order valence-corrected chi connectivity index (χ1v) is 6.62. The zero-order chi connectivity index (χ0) is 14.0. The summed E-state index contributed by atoms with van der Waals surface area (Å²) < 4.78 is 38.4. The van der Waals surface area contributed by atoms with Crippen LogP contribution in [0.5, 0.6) is 0 Å². The third-order valence-corrected chi connectivity index (χ3v) is 3.73. The molecule has 0 saturated carbocycles. The third-order valence-electron chi connectivity index (χ3n) is 3.73. The molecule has 0 radical (unpaired) electrons. The van der Waals surface area contributed by atoms with E-state index in [-0.39, 0.29) is 13.0 Å². The number of hydrogen-bond donors (Lipinski definition) is 1. The van der Waals surface area contributed by atoms with E-state index in [1.54, 1.807) is 4.90 Å². The van der Waals surface area contributed by atoms with Gasteiger partial charge in [0.15, 0.2) is 0 Å². The summed E-state index contributed by atoms with van der Waals surface area (Å²) in [6.45, 7) is 2.68. The van der Waals surface area contributed by atoms with Gasteiger partial charge in [0.25, 0.3) is 0 Å². The number of nitrogens with two attached hydrogens (primary N) is 1. The predicted octanol–water partition coefficient (Wildman–Crippen LogP) is 3.61. The minimum Gasteiger partial charge on any atom is -0.397 e. The van der Waals surface area contributed by atoms with E-state index < -0.39 is 12.1 Å². The fraction of sp³-hybridized carbons (Fsp3) is 0.571. The first kappa shape index (κ1) is 14.0. The van der Waals surface area contributed by atoms with Crippen molar-refractivity contribution < 1.29 is 13.2 Å². The molecule has 2 rings (SSSR count). The van der Waals surface area contributed by atoms with Crippen molar-refractivity contribution in [3.63, 3.8) is 0 Å². The fourth-order valence-electron chi connectivity index (χ4n) is 2.58. The maximum atomic E-state index is 12.8. The molecule has 1 aromatic carbocycles. The van der Waals surface area contributed by atoms with Crippen LogP contribution in [0.3, 0.4) is 0 Å². The Hall–Kier alpha value is -1.39. The lowest BCUT2D eigenvalue weighted by Gasteiger charge is -2.36. The highest BCUT2D eigenvalue weighted by Crippen LogP contribution is 2.36.